The fraction of sp³-hybridized carbons (Fsp3) is 0.316. The van der Waals surface area contributed by atoms with Crippen molar-refractivity contribution in [3.05, 3.63) is 65.5 Å². The molecule has 4 nitrogen and oxygen atoms in total. The Morgan fingerprint density at radius 1 is 0.958 bits per heavy atom. The van der Waals surface area contributed by atoms with E-state index in [1.807, 2.05) is 24.3 Å². The summed E-state index contributed by atoms with van der Waals surface area (Å²) in [5, 5.41) is 5.37. The zero-order valence-electron chi connectivity index (χ0n) is 13.8. The van der Waals surface area contributed by atoms with Crippen LogP contribution in [0.15, 0.2) is 48.5 Å². The van der Waals surface area contributed by atoms with Crippen molar-refractivity contribution >= 4 is 6.03 Å². The van der Waals surface area contributed by atoms with Crippen molar-refractivity contribution in [1.29, 1.82) is 0 Å². The molecule has 0 aliphatic carbocycles. The molecule has 0 heterocycles. The van der Waals surface area contributed by atoms with Crippen molar-refractivity contribution in [3.8, 4) is 5.75 Å². The second kappa shape index (κ2) is 9.55. The monoisotopic (exact) mass is 330 g/mol. The summed E-state index contributed by atoms with van der Waals surface area (Å²) in [5.74, 6) is 0.464. The lowest BCUT2D eigenvalue weighted by molar-refractivity contribution is 0.224. The maximum atomic E-state index is 12.8. The van der Waals surface area contributed by atoms with Crippen molar-refractivity contribution in [1.82, 2.24) is 10.6 Å². The maximum Gasteiger partial charge on any atom is 0.317 e. The number of nitrogens with one attached hydrogen (secondary N) is 2. The second-order valence-electron chi connectivity index (χ2n) is 5.49. The lowest BCUT2D eigenvalue weighted by Crippen LogP contribution is -2.38. The average Bonchev–Trinajstić information content (AvgIpc) is 2.58. The van der Waals surface area contributed by atoms with Crippen molar-refractivity contribution in [3.63, 3.8) is 0 Å². The Kier molecular flexibility index (Phi) is 7.08. The molecular weight excluding hydrogens is 307 g/mol. The molecule has 128 valence electrons. The third-order valence-electron chi connectivity index (χ3n) is 3.55. The van der Waals surface area contributed by atoms with Gasteiger partial charge >= 0.3 is 6.03 Å². The van der Waals surface area contributed by atoms with E-state index in [2.05, 4.69) is 17.6 Å². The fourth-order valence-electron chi connectivity index (χ4n) is 2.26. The molecule has 24 heavy (non-hydrogen) atoms. The van der Waals surface area contributed by atoms with E-state index < -0.39 is 0 Å². The van der Waals surface area contributed by atoms with Gasteiger partial charge in [0.2, 0.25) is 0 Å². The molecule has 0 aliphatic rings. The minimum Gasteiger partial charge on any atom is -0.473 e. The minimum absolute atomic E-state index is 0.107. The van der Waals surface area contributed by atoms with E-state index >= 15 is 0 Å². The van der Waals surface area contributed by atoms with Crippen LogP contribution in [0, 0.1) is 5.82 Å². The molecule has 0 bridgehead atoms. The second-order valence-corrected chi connectivity index (χ2v) is 5.49. The Labute approximate surface area is 142 Å². The number of halogens is 1. The zero-order chi connectivity index (χ0) is 17.2. The van der Waals surface area contributed by atoms with Crippen LogP contribution in [-0.4, -0.2) is 19.3 Å². The van der Waals surface area contributed by atoms with E-state index in [0.717, 1.165) is 24.2 Å². The molecule has 0 fully saturated rings. The summed E-state index contributed by atoms with van der Waals surface area (Å²) < 4.78 is 18.3. The van der Waals surface area contributed by atoms with Gasteiger partial charge in [0.15, 0.2) is 6.73 Å². The van der Waals surface area contributed by atoms with Crippen molar-refractivity contribution in [2.75, 3.05) is 13.3 Å². The molecule has 0 unspecified atom stereocenters. The largest absolute Gasteiger partial charge is 0.473 e. The van der Waals surface area contributed by atoms with Gasteiger partial charge in [0, 0.05) is 6.54 Å². The average molecular weight is 330 g/mol. The normalized spacial score (nSPS) is 10.2. The zero-order valence-corrected chi connectivity index (χ0v) is 13.8. The molecule has 0 saturated carbocycles. The molecule has 2 N–H and O–H groups in total. The Bertz CT molecular complexity index is 627. The molecule has 0 aromatic heterocycles. The van der Waals surface area contributed by atoms with Gasteiger partial charge in [0.25, 0.3) is 0 Å². The van der Waals surface area contributed by atoms with Crippen LogP contribution >= 0.6 is 0 Å². The Morgan fingerprint density at radius 2 is 1.58 bits per heavy atom. The van der Waals surface area contributed by atoms with Crippen LogP contribution in [0.3, 0.4) is 0 Å². The van der Waals surface area contributed by atoms with Crippen LogP contribution in [0.2, 0.25) is 0 Å². The van der Waals surface area contributed by atoms with Crippen LogP contribution in [0.25, 0.3) is 0 Å². The van der Waals surface area contributed by atoms with Crippen LogP contribution < -0.4 is 15.4 Å². The number of hydrogen-bond donors (Lipinski definition) is 2. The van der Waals surface area contributed by atoms with Crippen LogP contribution in [-0.2, 0) is 12.8 Å². The summed E-state index contributed by atoms with van der Waals surface area (Å²) >= 11 is 0. The predicted molar refractivity (Wildman–Crippen MR) is 92.6 cm³/mol. The van der Waals surface area contributed by atoms with Gasteiger partial charge in [-0.15, -0.1) is 0 Å². The SMILES string of the molecule is CCCc1ccc(OCNC(=O)NCCc2ccc(F)cc2)cc1. The van der Waals surface area contributed by atoms with Gasteiger partial charge < -0.3 is 15.4 Å². The van der Waals surface area contributed by atoms with Gasteiger partial charge in [-0.3, -0.25) is 0 Å². The van der Waals surface area contributed by atoms with Crippen LogP contribution in [0.1, 0.15) is 24.5 Å². The Morgan fingerprint density at radius 3 is 2.25 bits per heavy atom. The van der Waals surface area contributed by atoms with E-state index in [4.69, 9.17) is 4.74 Å². The Hall–Kier alpha value is -2.56. The highest BCUT2D eigenvalue weighted by atomic mass is 19.1. The Balaban J connectivity index is 1.61. The van der Waals surface area contributed by atoms with Crippen molar-refractivity contribution in [2.24, 2.45) is 0 Å². The van der Waals surface area contributed by atoms with E-state index in [-0.39, 0.29) is 18.6 Å². The van der Waals surface area contributed by atoms with Gasteiger partial charge in [-0.1, -0.05) is 37.6 Å². The highest BCUT2D eigenvalue weighted by Crippen LogP contribution is 2.12. The van der Waals surface area contributed by atoms with Crippen LogP contribution in [0.5, 0.6) is 5.75 Å². The van der Waals surface area contributed by atoms with Gasteiger partial charge in [-0.05, 0) is 48.2 Å². The molecule has 5 heteroatoms. The molecule has 2 aromatic rings. The van der Waals surface area contributed by atoms with E-state index in [9.17, 15) is 9.18 Å². The number of aryl methyl sites for hydroxylation is 1. The molecule has 0 aliphatic heterocycles. The third-order valence-corrected chi connectivity index (χ3v) is 3.55. The number of rotatable bonds is 8. The van der Waals surface area contributed by atoms with Gasteiger partial charge in [-0.25, -0.2) is 9.18 Å². The quantitative estimate of drug-likeness (QED) is 0.726. The number of amides is 2. The molecule has 2 rings (SSSR count). The fourth-order valence-corrected chi connectivity index (χ4v) is 2.26. The number of benzene rings is 2. The summed E-state index contributed by atoms with van der Waals surface area (Å²) in [6.45, 7) is 2.72. The highest BCUT2D eigenvalue weighted by molar-refractivity contribution is 5.73. The smallest absolute Gasteiger partial charge is 0.317 e. The lowest BCUT2D eigenvalue weighted by atomic mass is 10.1. The maximum absolute atomic E-state index is 12.8. The first-order valence-electron chi connectivity index (χ1n) is 8.15. The number of carbonyl (C=O) groups excluding carboxylic acids is 1. The van der Waals surface area contributed by atoms with E-state index in [0.29, 0.717) is 13.0 Å². The van der Waals surface area contributed by atoms with E-state index in [1.165, 1.54) is 17.7 Å². The summed E-state index contributed by atoms with van der Waals surface area (Å²) in [5.41, 5.74) is 2.25. The molecule has 2 amide bonds. The first-order chi connectivity index (χ1) is 11.7. The molecule has 0 atom stereocenters. The molecule has 0 saturated heterocycles. The van der Waals surface area contributed by atoms with Gasteiger partial charge in [-0.2, -0.15) is 0 Å². The molecule has 0 radical (unpaired) electrons. The van der Waals surface area contributed by atoms with Gasteiger partial charge in [0.1, 0.15) is 11.6 Å². The number of carbonyl (C=O) groups is 1. The first-order valence-corrected chi connectivity index (χ1v) is 8.15. The number of urea groups is 1. The summed E-state index contributed by atoms with van der Waals surface area (Å²) in [7, 11) is 0. The van der Waals surface area contributed by atoms with Crippen molar-refractivity contribution in [2.45, 2.75) is 26.2 Å². The predicted octanol–water partition coefficient (Wildman–Crippen LogP) is 3.66. The molecule has 2 aromatic carbocycles. The van der Waals surface area contributed by atoms with Crippen molar-refractivity contribution < 1.29 is 13.9 Å². The lowest BCUT2D eigenvalue weighted by Gasteiger charge is -2.10. The van der Waals surface area contributed by atoms with E-state index in [1.54, 1.807) is 12.1 Å². The summed E-state index contributed by atoms with van der Waals surface area (Å²) in [6.07, 6.45) is 2.81. The molecular formula is C19H23FN2O2. The van der Waals surface area contributed by atoms with Gasteiger partial charge in [0.05, 0.1) is 0 Å². The minimum atomic E-state index is -0.292. The number of hydrogen-bond acceptors (Lipinski definition) is 2. The van der Waals surface area contributed by atoms with Crippen LogP contribution in [0.4, 0.5) is 9.18 Å². The first kappa shape index (κ1) is 17.8. The molecule has 0 spiro atoms. The summed E-state index contributed by atoms with van der Waals surface area (Å²) in [4.78, 5) is 11.7. The standard InChI is InChI=1S/C19H23FN2O2/c1-2-3-15-6-10-18(11-7-15)24-14-22-19(23)21-13-12-16-4-8-17(20)9-5-16/h4-11H,2-3,12-14H2,1H3,(H2,21,22,23). The topological polar surface area (TPSA) is 50.4 Å². The third kappa shape index (κ3) is 6.28. The summed E-state index contributed by atoms with van der Waals surface area (Å²) in [6, 6.07) is 13.8. The number of ether oxygens (including phenoxy) is 1. The highest BCUT2D eigenvalue weighted by Gasteiger charge is 2.01.